The molecular weight excluding hydrogens is 380 g/mol. The molecule has 7 nitrogen and oxygen atoms in total. The lowest BCUT2D eigenvalue weighted by Gasteiger charge is -2.33. The van der Waals surface area contributed by atoms with Crippen LogP contribution in [0.4, 0.5) is 0 Å². The first-order valence-corrected chi connectivity index (χ1v) is 11.0. The lowest BCUT2D eigenvalue weighted by molar-refractivity contribution is 0.0369. The molecule has 4 heterocycles. The Morgan fingerprint density at radius 1 is 1.13 bits per heavy atom. The van der Waals surface area contributed by atoms with Crippen molar-refractivity contribution in [1.29, 1.82) is 0 Å². The minimum atomic E-state index is -0.284. The Morgan fingerprint density at radius 2 is 1.93 bits per heavy atom. The average Bonchev–Trinajstić information content (AvgIpc) is 3.41. The van der Waals surface area contributed by atoms with Crippen LogP contribution in [-0.2, 0) is 10.2 Å². The summed E-state index contributed by atoms with van der Waals surface area (Å²) in [6.07, 6.45) is 2.13. The van der Waals surface area contributed by atoms with Gasteiger partial charge in [-0.15, -0.1) is 0 Å². The zero-order valence-electron chi connectivity index (χ0n) is 18.1. The molecule has 0 spiro atoms. The molecule has 0 unspecified atom stereocenters. The molecule has 0 saturated carbocycles. The first kappa shape index (κ1) is 19.7. The Labute approximate surface area is 177 Å². The lowest BCUT2D eigenvalue weighted by atomic mass is 9.81. The smallest absolute Gasteiger partial charge is 0.254 e. The Bertz CT molecular complexity index is 952. The van der Waals surface area contributed by atoms with Crippen molar-refractivity contribution in [2.45, 2.75) is 45.1 Å². The summed E-state index contributed by atoms with van der Waals surface area (Å²) in [5, 5.41) is 4.08. The number of fused-ring (bicyclic) bond motifs is 1. The normalized spacial score (nSPS) is 27.6. The fourth-order valence-corrected chi connectivity index (χ4v) is 5.61. The highest BCUT2D eigenvalue weighted by molar-refractivity contribution is 5.96. The number of rotatable bonds is 3. The maximum absolute atomic E-state index is 13.4. The van der Waals surface area contributed by atoms with Crippen LogP contribution in [0, 0.1) is 26.7 Å². The molecule has 3 fully saturated rings. The van der Waals surface area contributed by atoms with E-state index in [0.717, 1.165) is 56.8 Å². The molecular formula is C23H30N4O3. The Morgan fingerprint density at radius 3 is 2.63 bits per heavy atom. The third kappa shape index (κ3) is 3.24. The van der Waals surface area contributed by atoms with Crippen LogP contribution in [0.5, 0.6) is 0 Å². The van der Waals surface area contributed by atoms with Crippen LogP contribution < -0.4 is 0 Å². The zero-order valence-corrected chi connectivity index (χ0v) is 18.1. The standard InChI is InChI=1S/C23H30N4O3/c1-15-4-5-20(16(2)10-15)21(28)27-12-18-11-26(19-6-8-29-9-7-19)13-23(18,14-27)22-24-17(3)25-30-22/h4-5,10,18-19H,6-9,11-14H2,1-3H3/t18-,23-/m1/s1. The summed E-state index contributed by atoms with van der Waals surface area (Å²) in [7, 11) is 0. The SMILES string of the molecule is Cc1ccc(C(=O)N2C[C@H]3CN(C4CCOCC4)C[C@@]3(c3nc(C)no3)C2)c(C)c1. The minimum Gasteiger partial charge on any atom is -0.381 e. The molecule has 0 bridgehead atoms. The van der Waals surface area contributed by atoms with Crippen molar-refractivity contribution in [1.82, 2.24) is 19.9 Å². The van der Waals surface area contributed by atoms with Gasteiger partial charge in [0.2, 0.25) is 5.89 Å². The number of carbonyl (C=O) groups excluding carboxylic acids is 1. The van der Waals surface area contributed by atoms with Crippen molar-refractivity contribution < 1.29 is 14.1 Å². The molecule has 0 N–H and O–H groups in total. The number of carbonyl (C=O) groups is 1. The second-order valence-electron chi connectivity index (χ2n) is 9.28. The summed E-state index contributed by atoms with van der Waals surface area (Å²) in [6, 6.07) is 6.59. The number of nitrogens with zero attached hydrogens (tertiary/aromatic N) is 4. The highest BCUT2D eigenvalue weighted by Gasteiger charge is 2.58. The number of hydrogen-bond acceptors (Lipinski definition) is 6. The molecule has 3 saturated heterocycles. The molecule has 0 aliphatic carbocycles. The van der Waals surface area contributed by atoms with Gasteiger partial charge in [0.05, 0.1) is 5.41 Å². The largest absolute Gasteiger partial charge is 0.381 e. The summed E-state index contributed by atoms with van der Waals surface area (Å²) in [6.45, 7) is 10.8. The number of likely N-dealkylation sites (tertiary alicyclic amines) is 2. The van der Waals surface area contributed by atoms with Crippen LogP contribution in [0.2, 0.25) is 0 Å². The van der Waals surface area contributed by atoms with E-state index in [4.69, 9.17) is 9.26 Å². The van der Waals surface area contributed by atoms with Gasteiger partial charge in [-0.3, -0.25) is 9.69 Å². The summed E-state index contributed by atoms with van der Waals surface area (Å²) >= 11 is 0. The van der Waals surface area contributed by atoms with Crippen LogP contribution in [0.15, 0.2) is 22.7 Å². The van der Waals surface area contributed by atoms with Crippen molar-refractivity contribution in [2.24, 2.45) is 5.92 Å². The maximum atomic E-state index is 13.4. The van der Waals surface area contributed by atoms with Crippen molar-refractivity contribution in [3.05, 3.63) is 46.6 Å². The summed E-state index contributed by atoms with van der Waals surface area (Å²) in [4.78, 5) is 22.6. The zero-order chi connectivity index (χ0) is 20.9. The predicted octanol–water partition coefficient (Wildman–Crippen LogP) is 2.50. The second-order valence-corrected chi connectivity index (χ2v) is 9.28. The number of aromatic nitrogens is 2. The number of hydrogen-bond donors (Lipinski definition) is 0. The van der Waals surface area contributed by atoms with E-state index in [1.807, 2.05) is 30.9 Å². The predicted molar refractivity (Wildman–Crippen MR) is 111 cm³/mol. The van der Waals surface area contributed by atoms with Crippen molar-refractivity contribution in [2.75, 3.05) is 39.4 Å². The minimum absolute atomic E-state index is 0.107. The van der Waals surface area contributed by atoms with Crippen LogP contribution in [-0.4, -0.2) is 71.3 Å². The molecule has 3 aliphatic rings. The number of benzene rings is 1. The van der Waals surface area contributed by atoms with Gasteiger partial charge in [0, 0.05) is 56.9 Å². The molecule has 2 aromatic rings. The highest BCUT2D eigenvalue weighted by atomic mass is 16.5. The second kappa shape index (κ2) is 7.46. The molecule has 1 aromatic heterocycles. The molecule has 1 amide bonds. The van der Waals surface area contributed by atoms with Crippen LogP contribution in [0.3, 0.4) is 0 Å². The van der Waals surface area contributed by atoms with Crippen LogP contribution in [0.25, 0.3) is 0 Å². The van der Waals surface area contributed by atoms with E-state index in [0.29, 0.717) is 30.2 Å². The van der Waals surface area contributed by atoms with Crippen molar-refractivity contribution in [3.63, 3.8) is 0 Å². The summed E-state index contributed by atoms with van der Waals surface area (Å²) in [5.41, 5.74) is 2.71. The Kier molecular flexibility index (Phi) is 4.90. The summed E-state index contributed by atoms with van der Waals surface area (Å²) < 4.78 is 11.3. The molecule has 1 aromatic carbocycles. The maximum Gasteiger partial charge on any atom is 0.254 e. The molecule has 3 aliphatic heterocycles. The van der Waals surface area contributed by atoms with Crippen molar-refractivity contribution >= 4 is 5.91 Å². The van der Waals surface area contributed by atoms with Crippen LogP contribution in [0.1, 0.15) is 46.0 Å². The molecule has 2 atom stereocenters. The molecule has 5 rings (SSSR count). The van der Waals surface area contributed by atoms with Crippen molar-refractivity contribution in [3.8, 4) is 0 Å². The van der Waals surface area contributed by atoms with Gasteiger partial charge in [0.15, 0.2) is 5.82 Å². The fourth-order valence-electron chi connectivity index (χ4n) is 5.61. The van der Waals surface area contributed by atoms with E-state index in [-0.39, 0.29) is 11.3 Å². The topological polar surface area (TPSA) is 71.7 Å². The van der Waals surface area contributed by atoms with E-state index in [2.05, 4.69) is 28.0 Å². The Balaban J connectivity index is 1.43. The molecule has 0 radical (unpaired) electrons. The molecule has 160 valence electrons. The van der Waals surface area contributed by atoms with Gasteiger partial charge in [-0.25, -0.2) is 0 Å². The van der Waals surface area contributed by atoms with E-state index in [1.54, 1.807) is 0 Å². The van der Waals surface area contributed by atoms with Gasteiger partial charge in [-0.1, -0.05) is 22.9 Å². The van der Waals surface area contributed by atoms with Gasteiger partial charge < -0.3 is 14.2 Å². The highest BCUT2D eigenvalue weighted by Crippen LogP contribution is 2.46. The number of aryl methyl sites for hydroxylation is 3. The molecule has 7 heteroatoms. The fraction of sp³-hybridized carbons (Fsp3) is 0.609. The Hall–Kier alpha value is -2.25. The monoisotopic (exact) mass is 410 g/mol. The molecule has 30 heavy (non-hydrogen) atoms. The van der Waals surface area contributed by atoms with Gasteiger partial charge in [-0.05, 0) is 45.2 Å². The van der Waals surface area contributed by atoms with Crippen LogP contribution >= 0.6 is 0 Å². The van der Waals surface area contributed by atoms with Gasteiger partial charge in [0.25, 0.3) is 5.91 Å². The van der Waals surface area contributed by atoms with E-state index < -0.39 is 0 Å². The van der Waals surface area contributed by atoms with E-state index >= 15 is 0 Å². The number of amides is 1. The third-order valence-corrected chi connectivity index (χ3v) is 7.20. The number of ether oxygens (including phenoxy) is 1. The third-order valence-electron chi connectivity index (χ3n) is 7.20. The average molecular weight is 411 g/mol. The quantitative estimate of drug-likeness (QED) is 0.774. The first-order chi connectivity index (χ1) is 14.5. The first-order valence-electron chi connectivity index (χ1n) is 11.0. The van der Waals surface area contributed by atoms with Gasteiger partial charge >= 0.3 is 0 Å². The van der Waals surface area contributed by atoms with E-state index in [9.17, 15) is 4.79 Å². The van der Waals surface area contributed by atoms with Gasteiger partial charge in [-0.2, -0.15) is 4.98 Å². The van der Waals surface area contributed by atoms with Gasteiger partial charge in [0.1, 0.15) is 0 Å². The summed E-state index contributed by atoms with van der Waals surface area (Å²) in [5.74, 6) is 1.75. The van der Waals surface area contributed by atoms with E-state index in [1.165, 1.54) is 5.56 Å². The lowest BCUT2D eigenvalue weighted by Crippen LogP contribution is -2.44.